The number of carbonyl (C=O) groups excluding carboxylic acids is 1. The third kappa shape index (κ3) is 2.72. The van der Waals surface area contributed by atoms with Crippen LogP contribution in [0.3, 0.4) is 0 Å². The van der Waals surface area contributed by atoms with E-state index in [-0.39, 0.29) is 11.9 Å². The Morgan fingerprint density at radius 1 is 1.39 bits per heavy atom. The van der Waals surface area contributed by atoms with Crippen LogP contribution in [0.1, 0.15) is 29.6 Å². The highest BCUT2D eigenvalue weighted by Gasteiger charge is 2.29. The number of nitrogens with zero attached hydrogens (tertiary/aromatic N) is 1. The summed E-state index contributed by atoms with van der Waals surface area (Å²) < 4.78 is 0.808. The number of piperidine rings is 1. The van der Waals surface area contributed by atoms with Gasteiger partial charge in [-0.05, 0) is 47.3 Å². The molecule has 96 valence electrons. The molecule has 0 radical (unpaired) electrons. The highest BCUT2D eigenvalue weighted by Crippen LogP contribution is 2.23. The van der Waals surface area contributed by atoms with E-state index in [1.807, 2.05) is 24.3 Å². The van der Waals surface area contributed by atoms with Crippen molar-refractivity contribution < 1.29 is 4.79 Å². The fourth-order valence-corrected chi connectivity index (χ4v) is 2.96. The lowest BCUT2D eigenvalue weighted by Gasteiger charge is -2.35. The Hall–Kier alpha value is -0.940. The van der Waals surface area contributed by atoms with E-state index in [1.54, 1.807) is 4.90 Å². The summed E-state index contributed by atoms with van der Waals surface area (Å²) in [6, 6.07) is 7.33. The zero-order valence-corrected chi connectivity index (χ0v) is 12.3. The summed E-state index contributed by atoms with van der Waals surface area (Å²) in [4.78, 5) is 14.7. The van der Waals surface area contributed by atoms with Crippen molar-refractivity contribution in [3.8, 4) is 0 Å². The monoisotopic (exact) mass is 326 g/mol. The summed E-state index contributed by atoms with van der Waals surface area (Å²) >= 11 is 8.48. The third-order valence-corrected chi connectivity index (χ3v) is 4.16. The van der Waals surface area contributed by atoms with Gasteiger partial charge < -0.3 is 10.6 Å². The van der Waals surface area contributed by atoms with Crippen molar-refractivity contribution in [2.24, 2.45) is 5.73 Å². The molecule has 1 aromatic carbocycles. The number of carbonyl (C=O) groups is 1. The minimum Gasteiger partial charge on any atom is -0.392 e. The van der Waals surface area contributed by atoms with Gasteiger partial charge in [-0.3, -0.25) is 4.79 Å². The normalized spacial score (nSPS) is 19.6. The van der Waals surface area contributed by atoms with E-state index >= 15 is 0 Å². The predicted molar refractivity (Wildman–Crippen MR) is 79.6 cm³/mol. The predicted octanol–water partition coefficient (Wildman–Crippen LogP) is 2.73. The number of likely N-dealkylation sites (tertiary alicyclic amines) is 1. The molecule has 2 N–H and O–H groups in total. The van der Waals surface area contributed by atoms with E-state index in [1.165, 1.54) is 0 Å². The number of thiocarbonyl (C=S) groups is 1. The molecule has 0 aromatic heterocycles. The minimum absolute atomic E-state index is 0.0000231. The largest absolute Gasteiger partial charge is 0.392 e. The van der Waals surface area contributed by atoms with Gasteiger partial charge in [0, 0.05) is 11.0 Å². The van der Waals surface area contributed by atoms with Gasteiger partial charge in [-0.2, -0.15) is 0 Å². The molecule has 1 atom stereocenters. The van der Waals surface area contributed by atoms with E-state index in [2.05, 4.69) is 15.9 Å². The average molecular weight is 327 g/mol. The van der Waals surface area contributed by atoms with Crippen LogP contribution in [0.4, 0.5) is 0 Å². The number of hydrogen-bond acceptors (Lipinski definition) is 2. The second-order valence-corrected chi connectivity index (χ2v) is 5.72. The SMILES string of the molecule is NC(=S)C1CCCCN1C(=O)c1ccccc1Br. The average Bonchev–Trinajstić information content (AvgIpc) is 2.38. The molecule has 5 heteroatoms. The maximum Gasteiger partial charge on any atom is 0.255 e. The maximum atomic E-state index is 12.5. The van der Waals surface area contributed by atoms with E-state index in [0.29, 0.717) is 10.6 Å². The lowest BCUT2D eigenvalue weighted by Crippen LogP contribution is -2.49. The molecule has 0 bridgehead atoms. The maximum absolute atomic E-state index is 12.5. The lowest BCUT2D eigenvalue weighted by atomic mass is 10.0. The molecule has 1 aromatic rings. The van der Waals surface area contributed by atoms with Crippen molar-refractivity contribution in [2.45, 2.75) is 25.3 Å². The molecule has 1 aliphatic heterocycles. The second kappa shape index (κ2) is 5.80. The van der Waals surface area contributed by atoms with E-state index in [9.17, 15) is 4.79 Å². The molecule has 2 rings (SSSR count). The van der Waals surface area contributed by atoms with Crippen LogP contribution < -0.4 is 5.73 Å². The van der Waals surface area contributed by atoms with Crippen molar-refractivity contribution in [3.63, 3.8) is 0 Å². The third-order valence-electron chi connectivity index (χ3n) is 3.20. The van der Waals surface area contributed by atoms with Crippen LogP contribution in [0.25, 0.3) is 0 Å². The Bertz CT molecular complexity index is 478. The number of nitrogens with two attached hydrogens (primary N) is 1. The molecular formula is C13H15BrN2OS. The molecule has 1 saturated heterocycles. The number of benzene rings is 1. The minimum atomic E-state index is -0.103. The van der Waals surface area contributed by atoms with Crippen LogP contribution in [0, 0.1) is 0 Å². The van der Waals surface area contributed by atoms with Crippen LogP contribution in [0.15, 0.2) is 28.7 Å². The zero-order valence-electron chi connectivity index (χ0n) is 9.93. The van der Waals surface area contributed by atoms with Gasteiger partial charge in [0.2, 0.25) is 0 Å². The quantitative estimate of drug-likeness (QED) is 0.850. The van der Waals surface area contributed by atoms with Crippen LogP contribution in [-0.2, 0) is 0 Å². The van der Waals surface area contributed by atoms with Gasteiger partial charge in [0.1, 0.15) is 0 Å². The van der Waals surface area contributed by atoms with Crippen LogP contribution in [0.5, 0.6) is 0 Å². The molecule has 0 saturated carbocycles. The first-order chi connectivity index (χ1) is 8.61. The van der Waals surface area contributed by atoms with Gasteiger partial charge in [0.15, 0.2) is 0 Å². The molecule has 0 aliphatic carbocycles. The molecule has 1 fully saturated rings. The van der Waals surface area contributed by atoms with Crippen LogP contribution in [-0.4, -0.2) is 28.4 Å². The summed E-state index contributed by atoms with van der Waals surface area (Å²) in [5.74, 6) is -0.0000231. The van der Waals surface area contributed by atoms with Gasteiger partial charge in [0.25, 0.3) is 5.91 Å². The molecule has 3 nitrogen and oxygen atoms in total. The molecule has 18 heavy (non-hydrogen) atoms. The smallest absolute Gasteiger partial charge is 0.255 e. The fourth-order valence-electron chi connectivity index (χ4n) is 2.26. The van der Waals surface area contributed by atoms with Crippen molar-refractivity contribution in [3.05, 3.63) is 34.3 Å². The molecule has 1 amide bonds. The molecule has 0 spiro atoms. The summed E-state index contributed by atoms with van der Waals surface area (Å²) in [6.45, 7) is 0.724. The number of halogens is 1. The highest BCUT2D eigenvalue weighted by molar-refractivity contribution is 9.10. The Kier molecular flexibility index (Phi) is 4.35. The molecule has 1 aliphatic rings. The van der Waals surface area contributed by atoms with Gasteiger partial charge >= 0.3 is 0 Å². The Morgan fingerprint density at radius 2 is 2.11 bits per heavy atom. The summed E-state index contributed by atoms with van der Waals surface area (Å²) in [6.07, 6.45) is 2.95. The van der Waals surface area contributed by atoms with Crippen LogP contribution >= 0.6 is 28.1 Å². The Morgan fingerprint density at radius 3 is 2.78 bits per heavy atom. The van der Waals surface area contributed by atoms with Gasteiger partial charge in [0.05, 0.1) is 16.6 Å². The topological polar surface area (TPSA) is 46.3 Å². The van der Waals surface area contributed by atoms with Gasteiger partial charge in [-0.25, -0.2) is 0 Å². The Labute approximate surface area is 120 Å². The molecular weight excluding hydrogens is 312 g/mol. The molecule has 1 unspecified atom stereocenters. The highest BCUT2D eigenvalue weighted by atomic mass is 79.9. The Balaban J connectivity index is 2.27. The number of amides is 1. The van der Waals surface area contributed by atoms with Gasteiger partial charge in [-0.1, -0.05) is 24.4 Å². The summed E-state index contributed by atoms with van der Waals surface area (Å²) in [5.41, 5.74) is 6.40. The van der Waals surface area contributed by atoms with Gasteiger partial charge in [-0.15, -0.1) is 0 Å². The zero-order chi connectivity index (χ0) is 13.1. The first-order valence-electron chi connectivity index (χ1n) is 5.96. The van der Waals surface area contributed by atoms with E-state index < -0.39 is 0 Å². The van der Waals surface area contributed by atoms with Crippen LogP contribution in [0.2, 0.25) is 0 Å². The van der Waals surface area contributed by atoms with Crippen molar-refractivity contribution >= 4 is 39.0 Å². The summed E-state index contributed by atoms with van der Waals surface area (Å²) in [5, 5.41) is 0. The van der Waals surface area contributed by atoms with E-state index in [0.717, 1.165) is 30.3 Å². The standard InChI is InChI=1S/C13H15BrN2OS/c14-10-6-2-1-5-9(10)13(17)16-8-4-3-7-11(16)12(15)18/h1-2,5-6,11H,3-4,7-8H2,(H2,15,18). The van der Waals surface area contributed by atoms with E-state index in [4.69, 9.17) is 18.0 Å². The lowest BCUT2D eigenvalue weighted by molar-refractivity contribution is 0.0680. The van der Waals surface area contributed by atoms with Crippen molar-refractivity contribution in [1.82, 2.24) is 4.90 Å². The van der Waals surface area contributed by atoms with Crippen molar-refractivity contribution in [2.75, 3.05) is 6.54 Å². The number of rotatable bonds is 2. The fraction of sp³-hybridized carbons (Fsp3) is 0.385. The van der Waals surface area contributed by atoms with Crippen molar-refractivity contribution in [1.29, 1.82) is 0 Å². The number of hydrogen-bond donors (Lipinski definition) is 1. The second-order valence-electron chi connectivity index (χ2n) is 4.39. The molecule has 1 heterocycles. The first kappa shape index (κ1) is 13.5. The summed E-state index contributed by atoms with van der Waals surface area (Å²) in [7, 11) is 0. The first-order valence-corrected chi connectivity index (χ1v) is 7.16.